The molecule has 558 valence electrons. The first kappa shape index (κ1) is 79.9. The van der Waals surface area contributed by atoms with Crippen molar-refractivity contribution in [1.29, 1.82) is 0 Å². The van der Waals surface area contributed by atoms with Crippen LogP contribution in [0.4, 0.5) is 22.7 Å². The van der Waals surface area contributed by atoms with E-state index in [-0.39, 0.29) is 77.9 Å². The summed E-state index contributed by atoms with van der Waals surface area (Å²) in [7, 11) is 3.56. The number of thiophene rings is 1. The molecule has 0 saturated heterocycles. The molecule has 20 rings (SSSR count). The van der Waals surface area contributed by atoms with Crippen LogP contribution in [0.3, 0.4) is 0 Å². The molecule has 11 nitrogen and oxygen atoms in total. The van der Waals surface area contributed by atoms with Crippen LogP contribution in [0.5, 0.6) is 0 Å². The zero-order chi connectivity index (χ0) is 73.4. The molecule has 0 saturated carbocycles. The normalized spacial score (nSPS) is 15.3. The van der Waals surface area contributed by atoms with Gasteiger partial charge in [0.2, 0.25) is 9.84 Å². The van der Waals surface area contributed by atoms with Crippen molar-refractivity contribution in [3.63, 3.8) is 0 Å². The zero-order valence-electron chi connectivity index (χ0n) is 60.6. The summed E-state index contributed by atoms with van der Waals surface area (Å²) in [5, 5.41) is 5.48. The summed E-state index contributed by atoms with van der Waals surface area (Å²) in [6.07, 6.45) is 8.47. The van der Waals surface area contributed by atoms with E-state index in [0.29, 0.717) is 24.3 Å². The van der Waals surface area contributed by atoms with E-state index in [2.05, 4.69) is 231 Å². The molecule has 1 unspecified atom stereocenters. The average molecular weight is 1920 g/mol. The van der Waals surface area contributed by atoms with Crippen LogP contribution >= 0.6 is 11.3 Å². The van der Waals surface area contributed by atoms with E-state index in [9.17, 15) is 12.6 Å². The van der Waals surface area contributed by atoms with Gasteiger partial charge in [-0.05, 0) is 104 Å². The number of benzene rings is 12. The number of fused-ring (bicyclic) bond motifs is 12. The molecule has 1 atom stereocenters. The van der Waals surface area contributed by atoms with Gasteiger partial charge in [-0.15, -0.1) is 29.5 Å². The Morgan fingerprint density at radius 1 is 0.333 bits per heavy atom. The van der Waals surface area contributed by atoms with Crippen LogP contribution in [0, 0.1) is 54.4 Å². The second-order valence-corrected chi connectivity index (χ2v) is 33.6. The SMILES string of the molecule is [CH2-]c1ccccc1N1C=C(c2ccc3c(c2)S(=O)(=O)c2ccccc2-3)N(C)[CH-]1.[CH2-]c1ccccc1N1C=C(c2ccc3c(c2)S(=O)c2ccccc2-3)N(C)[CH-]1.[CH2-]c1ccccc1N1C=C(c2ccc3c(c2)[se]c2ccccc23)N(C)[CH-]1.[CH2-]c1ccccc1N1C=C(c2ccc3c(c2)sc2ccccc23)N(C)[CH-]1.[Rh+2].[Rh+2].[Rh+2].[Rh+2]. The van der Waals surface area contributed by atoms with Gasteiger partial charge in [-0.1, -0.05) is 144 Å². The predicted molar refractivity (Wildman–Crippen MR) is 445 cm³/mol. The molecular weight excluding hydrogens is 1850 g/mol. The molecule has 0 aliphatic carbocycles. The first-order chi connectivity index (χ1) is 52.0. The Morgan fingerprint density at radius 2 is 0.694 bits per heavy atom. The van der Waals surface area contributed by atoms with Crippen molar-refractivity contribution in [2.75, 3.05) is 47.8 Å². The number of anilines is 4. The smallest absolute Gasteiger partial charge is 0.532 e. The van der Waals surface area contributed by atoms with E-state index in [1.54, 1.807) is 18.2 Å². The molecule has 0 spiro atoms. The van der Waals surface area contributed by atoms with Crippen LogP contribution < -0.4 is 19.6 Å². The van der Waals surface area contributed by atoms with Crippen molar-refractivity contribution in [2.45, 2.75) is 19.6 Å². The van der Waals surface area contributed by atoms with Gasteiger partial charge in [0.25, 0.3) is 0 Å². The molecule has 14 aromatic rings. The van der Waals surface area contributed by atoms with Crippen molar-refractivity contribution in [1.82, 2.24) is 19.6 Å². The van der Waals surface area contributed by atoms with E-state index in [4.69, 9.17) is 0 Å². The largest absolute Gasteiger partial charge is 2.00 e. The summed E-state index contributed by atoms with van der Waals surface area (Å²) in [4.78, 5) is 19.4. The second kappa shape index (κ2) is 33.2. The van der Waals surface area contributed by atoms with Gasteiger partial charge >= 0.3 is 238 Å². The molecule has 8 heterocycles. The third-order valence-electron chi connectivity index (χ3n) is 20.1. The van der Waals surface area contributed by atoms with Gasteiger partial charge in [0, 0.05) is 48.4 Å². The van der Waals surface area contributed by atoms with Crippen molar-refractivity contribution in [2.24, 2.45) is 0 Å². The van der Waals surface area contributed by atoms with Crippen LogP contribution in [0.25, 0.3) is 84.5 Å². The summed E-state index contributed by atoms with van der Waals surface area (Å²) in [5.41, 5.74) is 20.7. The maximum atomic E-state index is 13.0. The van der Waals surface area contributed by atoms with Crippen LogP contribution in [-0.2, 0) is 98.5 Å². The van der Waals surface area contributed by atoms with Crippen molar-refractivity contribution >= 4 is 131 Å². The topological polar surface area (TPSA) is 77.1 Å². The standard InChI is InChI=1S/C23H18N2O2S.C23H18N2OS.C23H18N2S.C23H18N2Se.4Rh/c1-16-7-3-5-9-20(16)25-14-21(24(2)15-25)17-11-12-19-18-8-4-6-10-22(18)28(26,27)23(19)13-17;1-16-7-3-5-9-20(16)25-14-21(24(2)15-25)17-11-12-19-18-8-4-6-10-22(18)27(26)23(19)13-17;2*1-16-7-3-5-9-20(16)25-14-21(24(2)15-25)17-11-12-19-18-8-4-6-10-22(18)26-23(19)13-17;;;;/h3-15H,1H2,2H3;3-15H,1H2,2H3;2*3-15H,1H2,2H3;;;;/q4*-2;4*+2. The number of hydrogen-bond donors (Lipinski definition) is 0. The van der Waals surface area contributed by atoms with Gasteiger partial charge in [0.15, 0.2) is 0 Å². The zero-order valence-corrected chi connectivity index (χ0v) is 71.3. The van der Waals surface area contributed by atoms with Crippen LogP contribution in [0.15, 0.2) is 311 Å². The molecule has 12 aromatic carbocycles. The van der Waals surface area contributed by atoms with Crippen molar-refractivity contribution in [3.05, 3.63) is 391 Å². The number of nitrogens with zero attached hydrogens (tertiary/aromatic N) is 8. The van der Waals surface area contributed by atoms with E-state index >= 15 is 0 Å². The quantitative estimate of drug-likeness (QED) is 0.108. The van der Waals surface area contributed by atoms with Crippen LogP contribution in [0.2, 0.25) is 0 Å². The molecule has 0 N–H and O–H groups in total. The maximum absolute atomic E-state index is 13.0. The molecule has 6 aliphatic rings. The molecule has 4 radical (unpaired) electrons. The second-order valence-electron chi connectivity index (χ2n) is 26.9. The molecule has 0 fully saturated rings. The maximum Gasteiger partial charge on any atom is 2.00 e. The predicted octanol–water partition coefficient (Wildman–Crippen LogP) is 20.6. The van der Waals surface area contributed by atoms with Gasteiger partial charge in [-0.3, -0.25) is 0 Å². The van der Waals surface area contributed by atoms with Gasteiger partial charge in [-0.2, -0.15) is 75.7 Å². The Balaban J connectivity index is 0.000000128. The Labute approximate surface area is 714 Å². The van der Waals surface area contributed by atoms with Crippen molar-refractivity contribution < 1.29 is 90.5 Å². The number of sulfone groups is 1. The minimum absolute atomic E-state index is 0. The van der Waals surface area contributed by atoms with E-state index in [0.717, 1.165) is 99.6 Å². The minimum atomic E-state index is -3.49. The van der Waals surface area contributed by atoms with E-state index in [1.807, 2.05) is 176 Å². The minimum Gasteiger partial charge on any atom is -0.532 e. The number of para-hydroxylation sites is 4. The Kier molecular flexibility index (Phi) is 23.9. The molecule has 19 heteroatoms. The summed E-state index contributed by atoms with van der Waals surface area (Å²) < 4.78 is 44.5. The third kappa shape index (κ3) is 15.2. The molecule has 0 bridgehead atoms. The Hall–Kier alpha value is -9.19. The summed E-state index contributed by atoms with van der Waals surface area (Å²) in [6, 6.07) is 90.5. The first-order valence-corrected chi connectivity index (χ1v) is 40.1. The molecule has 2 aromatic heterocycles. The van der Waals surface area contributed by atoms with Crippen LogP contribution in [-0.4, -0.2) is 74.9 Å². The van der Waals surface area contributed by atoms with Gasteiger partial charge < -0.3 is 29.4 Å². The number of hydrogen-bond acceptors (Lipinski definition) is 12. The summed E-state index contributed by atoms with van der Waals surface area (Å²) in [5.74, 6) is 0. The monoisotopic (exact) mass is 1920 g/mol. The van der Waals surface area contributed by atoms with E-state index < -0.39 is 20.6 Å². The van der Waals surface area contributed by atoms with E-state index in [1.165, 1.54) is 62.0 Å². The van der Waals surface area contributed by atoms with Crippen LogP contribution in [0.1, 0.15) is 44.5 Å². The molecule has 6 aliphatic heterocycles. The van der Waals surface area contributed by atoms with Gasteiger partial charge in [-0.25, -0.2) is 12.6 Å². The fourth-order valence-electron chi connectivity index (χ4n) is 14.7. The van der Waals surface area contributed by atoms with Gasteiger partial charge in [0.1, 0.15) is 0 Å². The first-order valence-electron chi connectivity index (χ1n) is 34.9. The fourth-order valence-corrected chi connectivity index (χ4v) is 21.4. The van der Waals surface area contributed by atoms with Crippen molar-refractivity contribution in [3.8, 4) is 22.3 Å². The Morgan fingerprint density at radius 3 is 1.22 bits per heavy atom. The third-order valence-corrected chi connectivity index (χ3v) is 26.9. The van der Waals surface area contributed by atoms with Gasteiger partial charge in [0.05, 0.1) is 30.4 Å². The number of rotatable bonds is 8. The Bertz CT molecular complexity index is 6010. The molecule has 111 heavy (non-hydrogen) atoms. The summed E-state index contributed by atoms with van der Waals surface area (Å²) in [6.45, 7) is 24.7. The summed E-state index contributed by atoms with van der Waals surface area (Å²) >= 11 is 2.25. The fraction of sp³-hybridized carbons (Fsp3) is 0.0435. The molecule has 0 amide bonds. The molecular formula is C92H72N8O3Rh4S3Se. The average Bonchev–Trinajstić information content (AvgIpc) is 1.58.